The molecule has 224 valence electrons. The van der Waals surface area contributed by atoms with Crippen LogP contribution in [0, 0.1) is 0 Å². The van der Waals surface area contributed by atoms with Crippen LogP contribution in [0.25, 0.3) is 11.1 Å². The fraction of sp³-hybridized carbons (Fsp3) is 0.310. The maximum atomic E-state index is 13.4. The Morgan fingerprint density at radius 1 is 0.976 bits per heavy atom. The van der Waals surface area contributed by atoms with Crippen LogP contribution in [0.5, 0.6) is 5.75 Å². The van der Waals surface area contributed by atoms with Crippen molar-refractivity contribution >= 4 is 27.6 Å². The lowest BCUT2D eigenvalue weighted by atomic mass is 9.96. The Morgan fingerprint density at radius 2 is 1.69 bits per heavy atom. The van der Waals surface area contributed by atoms with Crippen LogP contribution in [-0.4, -0.2) is 79.1 Å². The van der Waals surface area contributed by atoms with Crippen LogP contribution >= 0.6 is 0 Å². The summed E-state index contributed by atoms with van der Waals surface area (Å²) in [7, 11) is -3.62. The molecule has 3 aromatic carbocycles. The number of carbonyl (C=O) groups is 2. The number of benzene rings is 3. The summed E-state index contributed by atoms with van der Waals surface area (Å²) in [6.07, 6.45) is -4.72. The second-order valence-corrected chi connectivity index (χ2v) is 11.5. The van der Waals surface area contributed by atoms with E-state index in [1.54, 1.807) is 24.3 Å². The fourth-order valence-corrected chi connectivity index (χ4v) is 5.10. The minimum Gasteiger partial charge on any atom is -0.462 e. The zero-order valence-electron chi connectivity index (χ0n) is 22.8. The number of sulfonamides is 1. The molecule has 1 fully saturated rings. The minimum absolute atomic E-state index is 0.0154. The highest BCUT2D eigenvalue weighted by Gasteiger charge is 2.46. The fourth-order valence-electron chi connectivity index (χ4n) is 4.55. The monoisotopic (exact) mass is 600 g/mol. The second-order valence-electron chi connectivity index (χ2n) is 9.75. The number of anilines is 1. The van der Waals surface area contributed by atoms with E-state index in [1.165, 1.54) is 37.3 Å². The van der Waals surface area contributed by atoms with Crippen molar-refractivity contribution in [2.24, 2.45) is 0 Å². The topological polar surface area (TPSA) is 181 Å². The van der Waals surface area contributed by atoms with E-state index in [4.69, 9.17) is 14.2 Å². The van der Waals surface area contributed by atoms with E-state index in [0.717, 1.165) is 11.8 Å². The minimum atomic E-state index is -3.62. The van der Waals surface area contributed by atoms with Gasteiger partial charge in [0, 0.05) is 18.2 Å². The molecule has 1 aliphatic heterocycles. The summed E-state index contributed by atoms with van der Waals surface area (Å²) < 4.78 is 43.6. The molecular weight excluding hydrogens is 568 g/mol. The van der Waals surface area contributed by atoms with Gasteiger partial charge < -0.3 is 34.8 Å². The molecule has 3 aromatic rings. The van der Waals surface area contributed by atoms with Crippen molar-refractivity contribution in [3.63, 3.8) is 0 Å². The van der Waals surface area contributed by atoms with Gasteiger partial charge in [-0.1, -0.05) is 48.5 Å². The molecule has 5 N–H and O–H groups in total. The maximum absolute atomic E-state index is 13.4. The SMILES string of the molecule is CC(=O)NC1C(O)[C@@H](O)C(CO)O[C@H]1Oc1cccc(C(=O)OCc2ccccc2)c1-c1cccc(NS(C)(=O)=O)c1. The van der Waals surface area contributed by atoms with Crippen molar-refractivity contribution in [1.82, 2.24) is 5.32 Å². The summed E-state index contributed by atoms with van der Waals surface area (Å²) >= 11 is 0. The molecule has 0 radical (unpaired) electrons. The number of hydrogen-bond acceptors (Lipinski definition) is 10. The zero-order valence-corrected chi connectivity index (χ0v) is 23.7. The summed E-state index contributed by atoms with van der Waals surface area (Å²) in [4.78, 5) is 25.3. The summed E-state index contributed by atoms with van der Waals surface area (Å²) in [6.45, 7) is 0.546. The van der Waals surface area contributed by atoms with E-state index in [0.29, 0.717) is 5.56 Å². The highest BCUT2D eigenvalue weighted by atomic mass is 32.2. The molecule has 1 heterocycles. The van der Waals surface area contributed by atoms with E-state index >= 15 is 0 Å². The van der Waals surface area contributed by atoms with Gasteiger partial charge in [0.25, 0.3) is 0 Å². The molecule has 1 aliphatic rings. The van der Waals surface area contributed by atoms with E-state index in [2.05, 4.69) is 10.0 Å². The molecule has 3 unspecified atom stereocenters. The van der Waals surface area contributed by atoms with Crippen LogP contribution < -0.4 is 14.8 Å². The van der Waals surface area contributed by atoms with Gasteiger partial charge >= 0.3 is 5.97 Å². The summed E-state index contributed by atoms with van der Waals surface area (Å²) in [5.41, 5.74) is 1.63. The van der Waals surface area contributed by atoms with Gasteiger partial charge in [0.2, 0.25) is 22.2 Å². The quantitative estimate of drug-likeness (QED) is 0.214. The lowest BCUT2D eigenvalue weighted by Gasteiger charge is -2.42. The van der Waals surface area contributed by atoms with Crippen molar-refractivity contribution in [3.05, 3.63) is 83.9 Å². The summed E-state index contributed by atoms with van der Waals surface area (Å²) in [6, 6.07) is 18.6. The van der Waals surface area contributed by atoms with E-state index < -0.39 is 59.2 Å². The van der Waals surface area contributed by atoms with Gasteiger partial charge in [-0.2, -0.15) is 0 Å². The Hall–Kier alpha value is -4.01. The van der Waals surface area contributed by atoms with Gasteiger partial charge in [0.05, 0.1) is 18.4 Å². The van der Waals surface area contributed by atoms with Crippen molar-refractivity contribution in [2.45, 2.75) is 44.2 Å². The number of aliphatic hydroxyl groups excluding tert-OH is 3. The Kier molecular flexibility index (Phi) is 9.81. The number of hydrogen-bond donors (Lipinski definition) is 5. The number of aliphatic hydroxyl groups is 3. The smallest absolute Gasteiger partial charge is 0.339 e. The lowest BCUT2D eigenvalue weighted by Crippen LogP contribution is -2.65. The first kappa shape index (κ1) is 30.9. The highest BCUT2D eigenvalue weighted by Crippen LogP contribution is 2.37. The number of esters is 1. The maximum Gasteiger partial charge on any atom is 0.339 e. The van der Waals surface area contributed by atoms with Crippen LogP contribution in [0.2, 0.25) is 0 Å². The number of ether oxygens (including phenoxy) is 3. The molecule has 1 amide bonds. The van der Waals surface area contributed by atoms with Crippen LogP contribution in [0.1, 0.15) is 22.8 Å². The second kappa shape index (κ2) is 13.3. The molecule has 0 bridgehead atoms. The largest absolute Gasteiger partial charge is 0.462 e. The Balaban J connectivity index is 1.77. The van der Waals surface area contributed by atoms with Crippen LogP contribution in [0.15, 0.2) is 72.8 Å². The molecule has 5 atom stereocenters. The zero-order chi connectivity index (χ0) is 30.4. The first-order valence-corrected chi connectivity index (χ1v) is 14.8. The molecular formula is C29H32N2O10S. The molecule has 42 heavy (non-hydrogen) atoms. The molecule has 1 saturated heterocycles. The molecule has 0 spiro atoms. The third-order valence-electron chi connectivity index (χ3n) is 6.41. The predicted octanol–water partition coefficient (Wildman–Crippen LogP) is 1.40. The Labute approximate surface area is 242 Å². The number of rotatable bonds is 10. The Bertz CT molecular complexity index is 1520. The molecule has 4 rings (SSSR count). The van der Waals surface area contributed by atoms with Crippen molar-refractivity contribution < 1.29 is 47.5 Å². The lowest BCUT2D eigenvalue weighted by molar-refractivity contribution is -0.244. The van der Waals surface area contributed by atoms with E-state index in [9.17, 15) is 33.3 Å². The van der Waals surface area contributed by atoms with E-state index in [-0.39, 0.29) is 29.2 Å². The van der Waals surface area contributed by atoms with Gasteiger partial charge in [-0.05, 0) is 35.4 Å². The van der Waals surface area contributed by atoms with Gasteiger partial charge in [-0.25, -0.2) is 13.2 Å². The van der Waals surface area contributed by atoms with Crippen molar-refractivity contribution in [3.8, 4) is 16.9 Å². The number of carbonyl (C=O) groups excluding carboxylic acids is 2. The number of nitrogens with one attached hydrogen (secondary N) is 2. The summed E-state index contributed by atoms with van der Waals surface area (Å²) in [5, 5.41) is 33.3. The number of amides is 1. The van der Waals surface area contributed by atoms with Crippen LogP contribution in [-0.2, 0) is 30.9 Å². The van der Waals surface area contributed by atoms with Crippen LogP contribution in [0.3, 0.4) is 0 Å². The van der Waals surface area contributed by atoms with Crippen molar-refractivity contribution in [1.29, 1.82) is 0 Å². The van der Waals surface area contributed by atoms with Gasteiger partial charge in [0.15, 0.2) is 0 Å². The third kappa shape index (κ3) is 7.63. The molecule has 0 aliphatic carbocycles. The van der Waals surface area contributed by atoms with Gasteiger partial charge in [-0.15, -0.1) is 0 Å². The molecule has 13 heteroatoms. The van der Waals surface area contributed by atoms with Crippen molar-refractivity contribution in [2.75, 3.05) is 17.6 Å². The van der Waals surface area contributed by atoms with E-state index in [1.807, 2.05) is 18.2 Å². The third-order valence-corrected chi connectivity index (χ3v) is 7.01. The standard InChI is InChI=1S/C29H32N2O10S/c1-17(33)30-25-27(35)26(34)23(15-32)41-29(25)40-22-13-7-12-21(28(36)39-16-18-8-4-3-5-9-18)24(22)19-10-6-11-20(14-19)31-42(2,37)38/h3-14,23,25-27,29,31-32,34-35H,15-16H2,1-2H3,(H,30,33)/t23?,25?,26-,27?,29+/m0/s1. The summed E-state index contributed by atoms with van der Waals surface area (Å²) in [5.74, 6) is -1.18. The molecule has 0 aromatic heterocycles. The normalized spacial score (nSPS) is 22.2. The Morgan fingerprint density at radius 3 is 2.36 bits per heavy atom. The molecule has 12 nitrogen and oxygen atoms in total. The van der Waals surface area contributed by atoms with Gasteiger partial charge in [0.1, 0.15) is 36.7 Å². The average Bonchev–Trinajstić information content (AvgIpc) is 2.95. The highest BCUT2D eigenvalue weighted by molar-refractivity contribution is 7.92. The van der Waals surface area contributed by atoms with Gasteiger partial charge in [-0.3, -0.25) is 9.52 Å². The predicted molar refractivity (Wildman–Crippen MR) is 152 cm³/mol. The first-order valence-electron chi connectivity index (χ1n) is 13.0. The average molecular weight is 601 g/mol. The van der Waals surface area contributed by atoms with Crippen LogP contribution in [0.4, 0.5) is 5.69 Å². The molecule has 0 saturated carbocycles. The first-order chi connectivity index (χ1) is 20.0.